The van der Waals surface area contributed by atoms with Crippen LogP contribution in [0.4, 0.5) is 0 Å². The molecule has 0 saturated heterocycles. The van der Waals surface area contributed by atoms with Gasteiger partial charge in [-0.3, -0.25) is 9.59 Å². The average molecular weight is 335 g/mol. The minimum absolute atomic E-state index is 0. The van der Waals surface area contributed by atoms with E-state index in [1.54, 1.807) is 0 Å². The van der Waals surface area contributed by atoms with Gasteiger partial charge in [0.05, 0.1) is 46.2 Å². The molecule has 0 aliphatic rings. The van der Waals surface area contributed by atoms with Crippen molar-refractivity contribution >= 4 is 11.7 Å². The zero-order chi connectivity index (χ0) is 17.2. The summed E-state index contributed by atoms with van der Waals surface area (Å²) in [4.78, 5) is 22.5. The van der Waals surface area contributed by atoms with Crippen LogP contribution in [0.25, 0.3) is 0 Å². The number of ketones is 1. The molecule has 0 aromatic carbocycles. The number of nitrogens with one attached hydrogen (secondary N) is 1. The van der Waals surface area contributed by atoms with Crippen molar-refractivity contribution in [2.75, 3.05) is 59.4 Å². The normalized spacial score (nSPS) is 10.7. The van der Waals surface area contributed by atoms with Crippen LogP contribution < -0.4 is 5.32 Å². The lowest BCUT2D eigenvalue weighted by Crippen LogP contribution is -2.28. The van der Waals surface area contributed by atoms with Crippen LogP contribution in [0, 0.1) is 0 Å². The molecule has 0 bridgehead atoms. The molecule has 0 heterocycles. The van der Waals surface area contributed by atoms with Gasteiger partial charge in [0, 0.05) is 33.8 Å². The lowest BCUT2D eigenvalue weighted by Gasteiger charge is -2.07. The predicted octanol–water partition coefficient (Wildman–Crippen LogP) is 1.19. The van der Waals surface area contributed by atoms with Crippen molar-refractivity contribution in [1.82, 2.24) is 5.32 Å². The van der Waals surface area contributed by atoms with Crippen LogP contribution in [0.5, 0.6) is 0 Å². The molecule has 0 unspecified atom stereocenters. The molecule has 0 rings (SSSR count). The van der Waals surface area contributed by atoms with Gasteiger partial charge in [0.25, 0.3) is 0 Å². The minimum Gasteiger partial charge on any atom is -0.379 e. The lowest BCUT2D eigenvalue weighted by molar-refractivity contribution is -0.122. The number of ether oxygens (including phenoxy) is 4. The van der Waals surface area contributed by atoms with Gasteiger partial charge in [-0.05, 0) is 6.92 Å². The van der Waals surface area contributed by atoms with Crippen LogP contribution in [-0.2, 0) is 28.5 Å². The Kier molecular flexibility index (Phi) is 16.6. The first-order chi connectivity index (χ1) is 11.2. The molecule has 0 fully saturated rings. The molecule has 0 radical (unpaired) electrons. The summed E-state index contributed by atoms with van der Waals surface area (Å²) in [5.41, 5.74) is 0. The van der Waals surface area contributed by atoms with Crippen molar-refractivity contribution in [2.24, 2.45) is 0 Å². The van der Waals surface area contributed by atoms with Crippen LogP contribution in [0.3, 0.4) is 0 Å². The molecule has 0 spiro atoms. The van der Waals surface area contributed by atoms with Crippen molar-refractivity contribution in [3.05, 3.63) is 0 Å². The second kappa shape index (κ2) is 17.3. The molecule has 138 valence electrons. The molecule has 0 aromatic heterocycles. The maximum Gasteiger partial charge on any atom is 0.222 e. The molecule has 23 heavy (non-hydrogen) atoms. The molecule has 0 aromatic rings. The van der Waals surface area contributed by atoms with Gasteiger partial charge in [0.2, 0.25) is 5.91 Å². The van der Waals surface area contributed by atoms with Crippen molar-refractivity contribution in [3.63, 3.8) is 0 Å². The third kappa shape index (κ3) is 17.2. The average Bonchev–Trinajstić information content (AvgIpc) is 2.56. The van der Waals surface area contributed by atoms with E-state index in [9.17, 15) is 9.59 Å². The van der Waals surface area contributed by atoms with Gasteiger partial charge in [-0.15, -0.1) is 0 Å². The number of Topliss-reactive ketones (excluding diaryl/α,β-unsaturated/α-hetero) is 1. The van der Waals surface area contributed by atoms with E-state index in [2.05, 4.69) is 5.32 Å². The van der Waals surface area contributed by atoms with E-state index < -0.39 is 0 Å². The highest BCUT2D eigenvalue weighted by atomic mass is 16.5. The van der Waals surface area contributed by atoms with Gasteiger partial charge in [-0.2, -0.15) is 0 Å². The zero-order valence-electron chi connectivity index (χ0n) is 14.4. The summed E-state index contributed by atoms with van der Waals surface area (Å²) in [5, 5.41) is 2.75. The molecule has 7 heteroatoms. The topological polar surface area (TPSA) is 83.1 Å². The van der Waals surface area contributed by atoms with E-state index in [4.69, 9.17) is 18.9 Å². The minimum atomic E-state index is -0.0562. The Bertz CT molecular complexity index is 304. The van der Waals surface area contributed by atoms with Crippen molar-refractivity contribution < 1.29 is 30.0 Å². The number of hydrogen-bond donors (Lipinski definition) is 1. The Morgan fingerprint density at radius 3 is 1.96 bits per heavy atom. The zero-order valence-corrected chi connectivity index (χ0v) is 14.4. The summed E-state index contributed by atoms with van der Waals surface area (Å²) in [5.74, 6) is 0.148. The lowest BCUT2D eigenvalue weighted by atomic mass is 10.2. The second-order valence-electron chi connectivity index (χ2n) is 4.78. The highest BCUT2D eigenvalue weighted by Crippen LogP contribution is 1.90. The monoisotopic (exact) mass is 335 g/mol. The number of hydrogen-bond acceptors (Lipinski definition) is 6. The molecule has 1 N–H and O–H groups in total. The summed E-state index contributed by atoms with van der Waals surface area (Å²) >= 11 is 0. The third-order valence-electron chi connectivity index (χ3n) is 2.91. The predicted molar refractivity (Wildman–Crippen MR) is 88.6 cm³/mol. The fraction of sp³-hybridized carbons (Fsp3) is 0.875. The van der Waals surface area contributed by atoms with Gasteiger partial charge in [0.1, 0.15) is 5.78 Å². The van der Waals surface area contributed by atoms with Gasteiger partial charge < -0.3 is 24.3 Å². The molecule has 1 amide bonds. The van der Waals surface area contributed by atoms with Gasteiger partial charge in [0.15, 0.2) is 0 Å². The highest BCUT2D eigenvalue weighted by Gasteiger charge is 2.01. The van der Waals surface area contributed by atoms with Gasteiger partial charge in [-0.25, -0.2) is 0 Å². The highest BCUT2D eigenvalue weighted by molar-refractivity contribution is 5.78. The summed E-state index contributed by atoms with van der Waals surface area (Å²) in [6.07, 6.45) is 1.34. The number of carbonyl (C=O) groups is 2. The van der Waals surface area contributed by atoms with Crippen LogP contribution >= 0.6 is 0 Å². The standard InChI is InChI=1S/C16H31NO6.H2/c1-3-15(18)5-8-21-13-14-23-10-7-17-16(19)6-9-22-12-11-20-4-2;/h3-14H2,1-2H3,(H,17,19);1H. The molecule has 0 aliphatic heterocycles. The Balaban J connectivity index is 0. The molecule has 0 saturated carbocycles. The van der Waals surface area contributed by atoms with E-state index >= 15 is 0 Å². The summed E-state index contributed by atoms with van der Waals surface area (Å²) in [6.45, 7) is 8.15. The SMILES string of the molecule is CCOCCOCCC(=O)NCCOCCOCCC(=O)CC.[HH]. The maximum absolute atomic E-state index is 11.5. The van der Waals surface area contributed by atoms with E-state index in [-0.39, 0.29) is 13.1 Å². The molecular weight excluding hydrogens is 302 g/mol. The quantitative estimate of drug-likeness (QED) is 0.402. The molecule has 0 aliphatic carbocycles. The van der Waals surface area contributed by atoms with Crippen molar-refractivity contribution in [1.29, 1.82) is 0 Å². The maximum atomic E-state index is 11.5. The molecule has 0 atom stereocenters. The van der Waals surface area contributed by atoms with Crippen molar-refractivity contribution in [2.45, 2.75) is 33.1 Å². The number of amides is 1. The number of rotatable bonds is 17. The Labute approximate surface area is 140 Å². The fourth-order valence-corrected chi connectivity index (χ4v) is 1.56. The Morgan fingerprint density at radius 2 is 1.35 bits per heavy atom. The first-order valence-corrected chi connectivity index (χ1v) is 8.30. The van der Waals surface area contributed by atoms with E-state index in [1.165, 1.54) is 0 Å². The van der Waals surface area contributed by atoms with E-state index in [0.29, 0.717) is 78.7 Å². The third-order valence-corrected chi connectivity index (χ3v) is 2.91. The molecule has 7 nitrogen and oxygen atoms in total. The second-order valence-corrected chi connectivity index (χ2v) is 4.78. The Morgan fingerprint density at radius 1 is 0.783 bits per heavy atom. The smallest absolute Gasteiger partial charge is 0.222 e. The fourth-order valence-electron chi connectivity index (χ4n) is 1.56. The van der Waals surface area contributed by atoms with Crippen LogP contribution in [0.1, 0.15) is 34.5 Å². The van der Waals surface area contributed by atoms with E-state index in [0.717, 1.165) is 0 Å². The van der Waals surface area contributed by atoms with E-state index in [1.807, 2.05) is 13.8 Å². The van der Waals surface area contributed by atoms with Crippen molar-refractivity contribution in [3.8, 4) is 0 Å². The molecular formula is C16H33NO6. The van der Waals surface area contributed by atoms with Crippen LogP contribution in [-0.4, -0.2) is 71.1 Å². The summed E-state index contributed by atoms with van der Waals surface area (Å²) in [7, 11) is 0. The summed E-state index contributed by atoms with van der Waals surface area (Å²) < 4.78 is 21.0. The van der Waals surface area contributed by atoms with Crippen LogP contribution in [0.15, 0.2) is 0 Å². The first-order valence-electron chi connectivity index (χ1n) is 8.30. The van der Waals surface area contributed by atoms with Gasteiger partial charge >= 0.3 is 0 Å². The largest absolute Gasteiger partial charge is 0.379 e. The Hall–Kier alpha value is -1.02. The first kappa shape index (κ1) is 22.0. The van der Waals surface area contributed by atoms with Crippen LogP contribution in [0.2, 0.25) is 0 Å². The summed E-state index contributed by atoms with van der Waals surface area (Å²) in [6, 6.07) is 0. The number of carbonyl (C=O) groups excluding carboxylic acids is 2. The van der Waals surface area contributed by atoms with Gasteiger partial charge in [-0.1, -0.05) is 6.92 Å².